The van der Waals surface area contributed by atoms with Crippen LogP contribution in [0, 0.1) is 0 Å². The highest BCUT2D eigenvalue weighted by Crippen LogP contribution is 2.47. The minimum atomic E-state index is -0.644. The van der Waals surface area contributed by atoms with Gasteiger partial charge in [-0.15, -0.1) is 0 Å². The van der Waals surface area contributed by atoms with Gasteiger partial charge in [-0.2, -0.15) is 0 Å². The average molecular weight is 1040 g/mol. The van der Waals surface area contributed by atoms with E-state index in [9.17, 15) is 9.59 Å². The summed E-state index contributed by atoms with van der Waals surface area (Å²) in [5.74, 6) is 0. The molecule has 9 aromatic rings. The van der Waals surface area contributed by atoms with Crippen LogP contribution in [0.25, 0.3) is 54.2 Å². The summed E-state index contributed by atoms with van der Waals surface area (Å²) < 4.78 is 22.3. The zero-order valence-electron chi connectivity index (χ0n) is 45.8. The maximum absolute atomic E-state index is 12.7. The third-order valence-electron chi connectivity index (χ3n) is 15.2. The van der Waals surface area contributed by atoms with E-state index in [0.717, 1.165) is 109 Å². The van der Waals surface area contributed by atoms with E-state index in [2.05, 4.69) is 217 Å². The standard InChI is InChI=1S/C70H70N2O6/c1-7-9-46-70(5,6)78-68(74)76-48-45-50-34-38-54(39-35-50)72(64-31-19-23-52-21-11-13-25-56(52)64)66-43-41-60(58-27-15-17-29-62(58)66)59-40-42-65(61-28-16-14-26-57(59)61)71(63-30-18-22-51-20-10-12-24-55(51)63)53-36-32-49(33-37-53)44-47-75-67(73)77-69(3,4)8-2/h10-38,40-43,54H,7-9,39,44-48H2,1-6H3. The van der Waals surface area contributed by atoms with Crippen molar-refractivity contribution in [1.82, 2.24) is 0 Å². The van der Waals surface area contributed by atoms with E-state index in [1.165, 1.54) is 10.8 Å². The van der Waals surface area contributed by atoms with E-state index in [4.69, 9.17) is 18.9 Å². The second kappa shape index (κ2) is 23.5. The summed E-state index contributed by atoms with van der Waals surface area (Å²) in [5.41, 5.74) is 8.73. The lowest BCUT2D eigenvalue weighted by Crippen LogP contribution is -2.30. The lowest BCUT2D eigenvalue weighted by molar-refractivity contribution is -0.0211. The summed E-state index contributed by atoms with van der Waals surface area (Å²) in [5, 5.41) is 9.22. The van der Waals surface area contributed by atoms with Gasteiger partial charge in [-0.05, 0) is 134 Å². The predicted molar refractivity (Wildman–Crippen MR) is 322 cm³/mol. The Balaban J connectivity index is 0.996. The van der Waals surface area contributed by atoms with Crippen LogP contribution in [-0.4, -0.2) is 42.8 Å². The van der Waals surface area contributed by atoms with Crippen molar-refractivity contribution in [1.29, 1.82) is 0 Å². The molecule has 0 N–H and O–H groups in total. The SMILES string of the molecule is CCCCC(C)(C)OC(=O)OCCC1=CCC(N(c2cccc3ccccc23)c2ccc(-c3ccc(N(c4ccc(CCOC(=O)OC(C)(C)CC)cc4)c4cccc5ccccc45)c4ccccc34)c3ccccc23)C=C1. The minimum absolute atomic E-state index is 0.00334. The molecule has 0 radical (unpaired) electrons. The first-order valence-corrected chi connectivity index (χ1v) is 27.7. The molecule has 0 saturated heterocycles. The number of hydrogen-bond donors (Lipinski definition) is 0. The molecule has 396 valence electrons. The molecule has 1 unspecified atom stereocenters. The Morgan fingerprint density at radius 2 is 1.00 bits per heavy atom. The van der Waals surface area contributed by atoms with Crippen LogP contribution in [0.4, 0.5) is 38.0 Å². The highest BCUT2D eigenvalue weighted by molar-refractivity contribution is 6.14. The van der Waals surface area contributed by atoms with Crippen LogP contribution >= 0.6 is 0 Å². The number of rotatable bonds is 19. The largest absolute Gasteiger partial charge is 0.508 e. The van der Waals surface area contributed by atoms with E-state index in [0.29, 0.717) is 19.3 Å². The normalized spacial score (nSPS) is 13.6. The Bertz CT molecular complexity index is 3660. The van der Waals surface area contributed by atoms with Gasteiger partial charge >= 0.3 is 12.3 Å². The summed E-state index contributed by atoms with van der Waals surface area (Å²) in [6.45, 7) is 12.2. The van der Waals surface area contributed by atoms with Crippen LogP contribution in [0.1, 0.15) is 85.6 Å². The molecule has 1 aliphatic carbocycles. The van der Waals surface area contributed by atoms with Crippen LogP contribution in [-0.2, 0) is 25.4 Å². The number of ether oxygens (including phenoxy) is 4. The number of carbonyl (C=O) groups excluding carboxylic acids is 2. The minimum Gasteiger partial charge on any atom is -0.434 e. The molecule has 0 aromatic heterocycles. The number of fused-ring (bicyclic) bond motifs is 4. The average Bonchev–Trinajstić information content (AvgIpc) is 3.48. The van der Waals surface area contributed by atoms with Gasteiger partial charge in [0.25, 0.3) is 0 Å². The van der Waals surface area contributed by atoms with Gasteiger partial charge < -0.3 is 28.7 Å². The fraction of sp³-hybridized carbons (Fsp3) is 0.257. The van der Waals surface area contributed by atoms with Crippen LogP contribution < -0.4 is 9.80 Å². The summed E-state index contributed by atoms with van der Waals surface area (Å²) in [7, 11) is 0. The monoisotopic (exact) mass is 1030 g/mol. The Hall–Kier alpha value is -8.36. The van der Waals surface area contributed by atoms with Gasteiger partial charge in [0.05, 0.1) is 30.6 Å². The Morgan fingerprint density at radius 3 is 1.59 bits per heavy atom. The van der Waals surface area contributed by atoms with E-state index in [1.807, 2.05) is 34.6 Å². The highest BCUT2D eigenvalue weighted by Gasteiger charge is 2.27. The van der Waals surface area contributed by atoms with Gasteiger partial charge in [0, 0.05) is 51.4 Å². The summed E-state index contributed by atoms with van der Waals surface area (Å²) in [6.07, 6.45) is 11.0. The maximum Gasteiger partial charge on any atom is 0.508 e. The number of nitrogens with zero attached hydrogens (tertiary/aromatic N) is 2. The molecule has 0 bridgehead atoms. The van der Waals surface area contributed by atoms with Crippen molar-refractivity contribution >= 4 is 83.8 Å². The van der Waals surface area contributed by atoms with Crippen molar-refractivity contribution in [3.8, 4) is 11.1 Å². The fourth-order valence-electron chi connectivity index (χ4n) is 10.7. The first kappa shape index (κ1) is 53.1. The molecule has 8 nitrogen and oxygen atoms in total. The van der Waals surface area contributed by atoms with E-state index < -0.39 is 23.5 Å². The van der Waals surface area contributed by atoms with Crippen LogP contribution in [0.2, 0.25) is 0 Å². The molecule has 0 heterocycles. The van der Waals surface area contributed by atoms with Gasteiger partial charge in [-0.25, -0.2) is 9.59 Å². The van der Waals surface area contributed by atoms with Gasteiger partial charge in [0.1, 0.15) is 11.2 Å². The lowest BCUT2D eigenvalue weighted by Gasteiger charge is -2.35. The van der Waals surface area contributed by atoms with Crippen LogP contribution in [0.5, 0.6) is 0 Å². The summed E-state index contributed by atoms with van der Waals surface area (Å²) in [6, 6.07) is 65.5. The quantitative estimate of drug-likeness (QED) is 0.0742. The van der Waals surface area contributed by atoms with Crippen molar-refractivity contribution in [3.63, 3.8) is 0 Å². The third-order valence-corrected chi connectivity index (χ3v) is 15.2. The molecule has 0 saturated carbocycles. The van der Waals surface area contributed by atoms with Crippen molar-refractivity contribution < 1.29 is 28.5 Å². The van der Waals surface area contributed by atoms with Gasteiger partial charge in [-0.1, -0.05) is 184 Å². The van der Waals surface area contributed by atoms with Crippen molar-refractivity contribution in [3.05, 3.63) is 211 Å². The first-order valence-electron chi connectivity index (χ1n) is 27.7. The smallest absolute Gasteiger partial charge is 0.434 e. The van der Waals surface area contributed by atoms with E-state index in [-0.39, 0.29) is 19.3 Å². The summed E-state index contributed by atoms with van der Waals surface area (Å²) in [4.78, 5) is 30.0. The van der Waals surface area contributed by atoms with Gasteiger partial charge in [0.2, 0.25) is 0 Å². The van der Waals surface area contributed by atoms with Crippen molar-refractivity contribution in [2.75, 3.05) is 23.0 Å². The van der Waals surface area contributed by atoms with Gasteiger partial charge in [0.15, 0.2) is 0 Å². The first-order chi connectivity index (χ1) is 37.9. The fourth-order valence-corrected chi connectivity index (χ4v) is 10.7. The zero-order chi connectivity index (χ0) is 54.2. The van der Waals surface area contributed by atoms with Crippen molar-refractivity contribution in [2.45, 2.75) is 104 Å². The molecule has 0 aliphatic heterocycles. The number of allylic oxidation sites excluding steroid dienone is 1. The molecule has 0 fully saturated rings. The van der Waals surface area contributed by atoms with E-state index >= 15 is 0 Å². The molecule has 0 amide bonds. The Labute approximate surface area is 459 Å². The molecule has 1 atom stereocenters. The molecular formula is C70H70N2O6. The van der Waals surface area contributed by atoms with Crippen LogP contribution in [0.15, 0.2) is 206 Å². The number of anilines is 5. The predicted octanol–water partition coefficient (Wildman–Crippen LogP) is 19.2. The zero-order valence-corrected chi connectivity index (χ0v) is 45.8. The van der Waals surface area contributed by atoms with Crippen molar-refractivity contribution in [2.24, 2.45) is 0 Å². The lowest BCUT2D eigenvalue weighted by atomic mass is 9.91. The number of carbonyl (C=O) groups is 2. The van der Waals surface area contributed by atoms with Gasteiger partial charge in [-0.3, -0.25) is 0 Å². The number of benzene rings is 9. The maximum atomic E-state index is 12.7. The molecule has 78 heavy (non-hydrogen) atoms. The Morgan fingerprint density at radius 1 is 0.513 bits per heavy atom. The number of hydrogen-bond acceptors (Lipinski definition) is 8. The molecule has 1 aliphatic rings. The number of unbranched alkanes of at least 4 members (excludes halogenated alkanes) is 1. The molecule has 10 rings (SSSR count). The topological polar surface area (TPSA) is 77.5 Å². The molecule has 0 spiro atoms. The molecular weight excluding hydrogens is 965 g/mol. The second-order valence-corrected chi connectivity index (χ2v) is 21.5. The molecule has 8 heteroatoms. The summed E-state index contributed by atoms with van der Waals surface area (Å²) >= 11 is 0. The third kappa shape index (κ3) is 11.8. The van der Waals surface area contributed by atoms with Crippen LogP contribution in [0.3, 0.4) is 0 Å². The highest BCUT2D eigenvalue weighted by atomic mass is 16.7. The molecule has 9 aromatic carbocycles. The second-order valence-electron chi connectivity index (χ2n) is 21.5. The Kier molecular flexibility index (Phi) is 16.0. The van der Waals surface area contributed by atoms with E-state index in [1.54, 1.807) is 0 Å².